The summed E-state index contributed by atoms with van der Waals surface area (Å²) in [6.45, 7) is 6.79. The predicted octanol–water partition coefficient (Wildman–Crippen LogP) is 3.30. The van der Waals surface area contributed by atoms with Crippen LogP contribution in [-0.2, 0) is 6.54 Å². The molecule has 100 valence electrons. The van der Waals surface area contributed by atoms with Gasteiger partial charge in [-0.1, -0.05) is 30.7 Å². The average Bonchev–Trinajstić information content (AvgIpc) is 2.85. The minimum atomic E-state index is 0.684. The van der Waals surface area contributed by atoms with E-state index < -0.39 is 0 Å². The van der Waals surface area contributed by atoms with Gasteiger partial charge in [-0.05, 0) is 50.0 Å². The quantitative estimate of drug-likeness (QED) is 0.850. The molecular formula is C15H23ClN2. The van der Waals surface area contributed by atoms with Crippen LogP contribution in [0.5, 0.6) is 0 Å². The van der Waals surface area contributed by atoms with E-state index in [1.807, 2.05) is 12.1 Å². The van der Waals surface area contributed by atoms with Gasteiger partial charge in [0.15, 0.2) is 0 Å². The SMILES string of the molecule is CCCN(Cc1ccc(Cl)cc1)CC1CCCN1. The van der Waals surface area contributed by atoms with Crippen molar-refractivity contribution < 1.29 is 0 Å². The minimum absolute atomic E-state index is 0.684. The number of hydrogen-bond acceptors (Lipinski definition) is 2. The summed E-state index contributed by atoms with van der Waals surface area (Å²) in [7, 11) is 0. The number of halogens is 1. The van der Waals surface area contributed by atoms with Gasteiger partial charge in [0.05, 0.1) is 0 Å². The standard InChI is InChI=1S/C15H23ClN2/c1-2-10-18(12-15-4-3-9-17-15)11-13-5-7-14(16)8-6-13/h5-8,15,17H,2-4,9-12H2,1H3. The average molecular weight is 267 g/mol. The summed E-state index contributed by atoms with van der Waals surface area (Å²) in [5.41, 5.74) is 1.35. The Balaban J connectivity index is 1.90. The van der Waals surface area contributed by atoms with Crippen LogP contribution in [0.2, 0.25) is 5.02 Å². The Hall–Kier alpha value is -0.570. The van der Waals surface area contributed by atoms with Gasteiger partial charge in [-0.25, -0.2) is 0 Å². The molecule has 0 radical (unpaired) electrons. The van der Waals surface area contributed by atoms with Gasteiger partial charge in [-0.15, -0.1) is 0 Å². The molecule has 1 unspecified atom stereocenters. The van der Waals surface area contributed by atoms with Crippen molar-refractivity contribution >= 4 is 11.6 Å². The molecule has 1 N–H and O–H groups in total. The van der Waals surface area contributed by atoms with E-state index in [1.54, 1.807) is 0 Å². The molecule has 2 nitrogen and oxygen atoms in total. The largest absolute Gasteiger partial charge is 0.313 e. The number of rotatable bonds is 6. The lowest BCUT2D eigenvalue weighted by molar-refractivity contribution is 0.241. The molecule has 0 aromatic heterocycles. The smallest absolute Gasteiger partial charge is 0.0406 e. The van der Waals surface area contributed by atoms with E-state index in [0.29, 0.717) is 6.04 Å². The van der Waals surface area contributed by atoms with Gasteiger partial charge in [0.25, 0.3) is 0 Å². The second-order valence-corrected chi connectivity index (χ2v) is 5.59. The van der Waals surface area contributed by atoms with Crippen molar-refractivity contribution in [3.63, 3.8) is 0 Å². The first-order valence-corrected chi connectivity index (χ1v) is 7.36. The van der Waals surface area contributed by atoms with Crippen LogP contribution in [0.3, 0.4) is 0 Å². The van der Waals surface area contributed by atoms with E-state index in [4.69, 9.17) is 11.6 Å². The molecule has 1 fully saturated rings. The topological polar surface area (TPSA) is 15.3 Å². The Kier molecular flexibility index (Phi) is 5.48. The van der Waals surface area contributed by atoms with Crippen LogP contribution in [0.4, 0.5) is 0 Å². The van der Waals surface area contributed by atoms with Crippen LogP contribution < -0.4 is 5.32 Å². The highest BCUT2D eigenvalue weighted by molar-refractivity contribution is 6.30. The third-order valence-corrected chi connectivity index (χ3v) is 3.75. The maximum Gasteiger partial charge on any atom is 0.0406 e. The first-order valence-electron chi connectivity index (χ1n) is 6.98. The van der Waals surface area contributed by atoms with Crippen molar-refractivity contribution in [2.24, 2.45) is 0 Å². The van der Waals surface area contributed by atoms with Gasteiger partial charge in [-0.3, -0.25) is 4.90 Å². The third-order valence-electron chi connectivity index (χ3n) is 3.50. The van der Waals surface area contributed by atoms with Crippen LogP contribution in [0.1, 0.15) is 31.7 Å². The van der Waals surface area contributed by atoms with Crippen molar-refractivity contribution in [3.05, 3.63) is 34.9 Å². The second-order valence-electron chi connectivity index (χ2n) is 5.15. The molecule has 1 aliphatic heterocycles. The van der Waals surface area contributed by atoms with E-state index in [9.17, 15) is 0 Å². The van der Waals surface area contributed by atoms with Crippen molar-refractivity contribution in [3.8, 4) is 0 Å². The molecule has 1 aromatic rings. The predicted molar refractivity (Wildman–Crippen MR) is 78.0 cm³/mol. The van der Waals surface area contributed by atoms with E-state index in [2.05, 4.69) is 29.3 Å². The fourth-order valence-electron chi connectivity index (χ4n) is 2.62. The van der Waals surface area contributed by atoms with E-state index >= 15 is 0 Å². The second kappa shape index (κ2) is 7.13. The zero-order valence-corrected chi connectivity index (χ0v) is 11.9. The van der Waals surface area contributed by atoms with Crippen LogP contribution in [0.15, 0.2) is 24.3 Å². The molecule has 0 spiro atoms. The third kappa shape index (κ3) is 4.27. The fourth-order valence-corrected chi connectivity index (χ4v) is 2.75. The van der Waals surface area contributed by atoms with E-state index in [1.165, 1.54) is 37.9 Å². The Labute approximate surface area is 115 Å². The summed E-state index contributed by atoms with van der Waals surface area (Å²) in [5, 5.41) is 4.40. The summed E-state index contributed by atoms with van der Waals surface area (Å²) in [4.78, 5) is 2.55. The first-order chi connectivity index (χ1) is 8.78. The highest BCUT2D eigenvalue weighted by atomic mass is 35.5. The molecule has 2 rings (SSSR count). The lowest BCUT2D eigenvalue weighted by Gasteiger charge is -2.25. The van der Waals surface area contributed by atoms with Gasteiger partial charge in [0, 0.05) is 24.2 Å². The van der Waals surface area contributed by atoms with Crippen LogP contribution in [0.25, 0.3) is 0 Å². The maximum atomic E-state index is 5.92. The Morgan fingerprint density at radius 2 is 2.11 bits per heavy atom. The molecule has 3 heteroatoms. The first kappa shape index (κ1) is 13.9. The molecule has 1 heterocycles. The summed E-state index contributed by atoms with van der Waals surface area (Å²) in [6.07, 6.45) is 3.85. The number of nitrogens with one attached hydrogen (secondary N) is 1. The van der Waals surface area contributed by atoms with Gasteiger partial charge in [0.2, 0.25) is 0 Å². The van der Waals surface area contributed by atoms with Crippen LogP contribution in [0, 0.1) is 0 Å². The van der Waals surface area contributed by atoms with Crippen LogP contribution in [-0.4, -0.2) is 30.6 Å². The molecular weight excluding hydrogens is 244 g/mol. The lowest BCUT2D eigenvalue weighted by atomic mass is 10.1. The van der Waals surface area contributed by atoms with Crippen molar-refractivity contribution in [2.45, 2.75) is 38.8 Å². The van der Waals surface area contributed by atoms with Crippen molar-refractivity contribution in [1.82, 2.24) is 10.2 Å². The number of hydrogen-bond donors (Lipinski definition) is 1. The molecule has 0 bridgehead atoms. The monoisotopic (exact) mass is 266 g/mol. The molecule has 1 saturated heterocycles. The molecule has 0 amide bonds. The van der Waals surface area contributed by atoms with Crippen molar-refractivity contribution in [1.29, 1.82) is 0 Å². The summed E-state index contributed by atoms with van der Waals surface area (Å²) < 4.78 is 0. The zero-order valence-electron chi connectivity index (χ0n) is 11.2. The lowest BCUT2D eigenvalue weighted by Crippen LogP contribution is -2.37. The van der Waals surface area contributed by atoms with Crippen LogP contribution >= 0.6 is 11.6 Å². The molecule has 1 aliphatic rings. The Bertz CT molecular complexity index is 344. The number of benzene rings is 1. The highest BCUT2D eigenvalue weighted by Gasteiger charge is 2.17. The Morgan fingerprint density at radius 1 is 1.33 bits per heavy atom. The highest BCUT2D eigenvalue weighted by Crippen LogP contribution is 2.13. The maximum absolute atomic E-state index is 5.92. The molecule has 0 aliphatic carbocycles. The van der Waals surface area contributed by atoms with E-state index in [0.717, 1.165) is 18.1 Å². The molecule has 0 saturated carbocycles. The minimum Gasteiger partial charge on any atom is -0.313 e. The zero-order chi connectivity index (χ0) is 12.8. The van der Waals surface area contributed by atoms with Gasteiger partial charge in [-0.2, -0.15) is 0 Å². The molecule has 18 heavy (non-hydrogen) atoms. The summed E-state index contributed by atoms with van der Waals surface area (Å²) >= 11 is 5.92. The van der Waals surface area contributed by atoms with Gasteiger partial charge < -0.3 is 5.32 Å². The van der Waals surface area contributed by atoms with Gasteiger partial charge in [0.1, 0.15) is 0 Å². The fraction of sp³-hybridized carbons (Fsp3) is 0.600. The Morgan fingerprint density at radius 3 is 2.72 bits per heavy atom. The van der Waals surface area contributed by atoms with Crippen molar-refractivity contribution in [2.75, 3.05) is 19.6 Å². The summed E-state index contributed by atoms with van der Waals surface area (Å²) in [6, 6.07) is 8.91. The van der Waals surface area contributed by atoms with E-state index in [-0.39, 0.29) is 0 Å². The van der Waals surface area contributed by atoms with Gasteiger partial charge >= 0.3 is 0 Å². The summed E-state index contributed by atoms with van der Waals surface area (Å²) in [5.74, 6) is 0. The molecule has 1 aromatic carbocycles. The normalized spacial score (nSPS) is 19.6. The number of nitrogens with zero attached hydrogens (tertiary/aromatic N) is 1. The molecule has 1 atom stereocenters.